The summed E-state index contributed by atoms with van der Waals surface area (Å²) in [5.74, 6) is 0. The van der Waals surface area contributed by atoms with Gasteiger partial charge in [0.05, 0.1) is 4.99 Å². The third-order valence-electron chi connectivity index (χ3n) is 2.07. The zero-order chi connectivity index (χ0) is 7.84. The highest BCUT2D eigenvalue weighted by atomic mass is 32.1. The van der Waals surface area contributed by atoms with Crippen molar-refractivity contribution in [2.24, 2.45) is 0 Å². The predicted molar refractivity (Wildman–Crippen MR) is 51.1 cm³/mol. The van der Waals surface area contributed by atoms with Gasteiger partial charge in [-0.05, 0) is 11.6 Å². The summed E-state index contributed by atoms with van der Waals surface area (Å²) in [5, 5.41) is 0. The quantitative estimate of drug-likeness (QED) is 0.538. The summed E-state index contributed by atoms with van der Waals surface area (Å²) >= 11 is 5.17. The maximum atomic E-state index is 5.17. The van der Waals surface area contributed by atoms with Crippen LogP contribution in [0.3, 0.4) is 0 Å². The molecule has 1 aliphatic rings. The molecule has 0 N–H and O–H groups in total. The molecule has 0 fully saturated rings. The first-order chi connectivity index (χ1) is 5.29. The average Bonchev–Trinajstić information content (AvgIpc) is 2.30. The summed E-state index contributed by atoms with van der Waals surface area (Å²) in [6.45, 7) is 0. The summed E-state index contributed by atoms with van der Waals surface area (Å²) in [6.07, 6.45) is 0.933. The van der Waals surface area contributed by atoms with E-state index in [2.05, 4.69) is 23.1 Å². The van der Waals surface area contributed by atoms with Crippen LogP contribution in [0.15, 0.2) is 24.3 Å². The molecule has 0 amide bonds. The van der Waals surface area contributed by atoms with E-state index in [1.807, 2.05) is 13.1 Å². The Labute approximate surface area is 71.6 Å². The van der Waals surface area contributed by atoms with E-state index in [4.69, 9.17) is 12.2 Å². The minimum Gasteiger partial charge on any atom is -0.339 e. The van der Waals surface area contributed by atoms with E-state index in [1.165, 1.54) is 11.3 Å². The molecule has 0 saturated heterocycles. The molecule has 0 unspecified atom stereocenters. The molecule has 1 aliphatic heterocycles. The third-order valence-corrected chi connectivity index (χ3v) is 2.49. The lowest BCUT2D eigenvalue weighted by Crippen LogP contribution is -2.18. The van der Waals surface area contributed by atoms with Gasteiger partial charge in [-0.1, -0.05) is 30.4 Å². The predicted octanol–water partition coefficient (Wildman–Crippen LogP) is 2.01. The molecule has 0 saturated carbocycles. The first-order valence-corrected chi connectivity index (χ1v) is 4.04. The van der Waals surface area contributed by atoms with Gasteiger partial charge in [-0.25, -0.2) is 0 Å². The van der Waals surface area contributed by atoms with Gasteiger partial charge in [-0.15, -0.1) is 0 Å². The number of hydrogen-bond acceptors (Lipinski definition) is 1. The van der Waals surface area contributed by atoms with E-state index >= 15 is 0 Å². The maximum Gasteiger partial charge on any atom is 0.0866 e. The number of rotatable bonds is 0. The Morgan fingerprint density at radius 1 is 1.36 bits per heavy atom. The normalized spacial score (nSPS) is 15.4. The molecule has 1 aromatic carbocycles. The van der Waals surface area contributed by atoms with E-state index in [0.717, 1.165) is 11.4 Å². The van der Waals surface area contributed by atoms with Crippen molar-refractivity contribution in [3.8, 4) is 0 Å². The van der Waals surface area contributed by atoms with Crippen LogP contribution in [0, 0.1) is 0 Å². The molecule has 1 nitrogen and oxygen atoms in total. The summed E-state index contributed by atoms with van der Waals surface area (Å²) in [7, 11) is 2.02. The van der Waals surface area contributed by atoms with Gasteiger partial charge in [0.2, 0.25) is 0 Å². The highest BCUT2D eigenvalue weighted by Crippen LogP contribution is 2.27. The summed E-state index contributed by atoms with van der Waals surface area (Å²) < 4.78 is 0. The van der Waals surface area contributed by atoms with Gasteiger partial charge in [0, 0.05) is 19.2 Å². The Morgan fingerprint density at radius 3 is 2.82 bits per heavy atom. The monoisotopic (exact) mass is 163 g/mol. The van der Waals surface area contributed by atoms with Crippen molar-refractivity contribution in [2.75, 3.05) is 11.9 Å². The minimum absolute atomic E-state index is 0.933. The fourth-order valence-electron chi connectivity index (χ4n) is 1.40. The minimum atomic E-state index is 0.933. The second-order valence-electron chi connectivity index (χ2n) is 2.76. The summed E-state index contributed by atoms with van der Waals surface area (Å²) in [4.78, 5) is 3.09. The highest BCUT2D eigenvalue weighted by molar-refractivity contribution is 7.80. The van der Waals surface area contributed by atoms with Gasteiger partial charge in [0.15, 0.2) is 0 Å². The van der Waals surface area contributed by atoms with Crippen molar-refractivity contribution in [3.05, 3.63) is 29.8 Å². The van der Waals surface area contributed by atoms with Crippen LogP contribution in [0.2, 0.25) is 0 Å². The van der Waals surface area contributed by atoms with Crippen molar-refractivity contribution in [2.45, 2.75) is 6.42 Å². The van der Waals surface area contributed by atoms with E-state index in [0.29, 0.717) is 0 Å². The maximum absolute atomic E-state index is 5.17. The molecule has 1 aromatic rings. The van der Waals surface area contributed by atoms with Crippen LogP contribution in [0.5, 0.6) is 0 Å². The van der Waals surface area contributed by atoms with Crippen molar-refractivity contribution in [1.29, 1.82) is 0 Å². The highest BCUT2D eigenvalue weighted by Gasteiger charge is 2.18. The number of likely N-dealkylation sites (N-methyl/N-ethyl adjacent to an activating group) is 1. The van der Waals surface area contributed by atoms with Gasteiger partial charge in [-0.3, -0.25) is 0 Å². The second kappa shape index (κ2) is 2.31. The molecule has 0 radical (unpaired) electrons. The lowest BCUT2D eigenvalue weighted by Gasteiger charge is -2.10. The number of nitrogens with zero attached hydrogens (tertiary/aromatic N) is 1. The summed E-state index contributed by atoms with van der Waals surface area (Å²) in [5.41, 5.74) is 2.61. The van der Waals surface area contributed by atoms with Crippen LogP contribution in [0.4, 0.5) is 5.69 Å². The van der Waals surface area contributed by atoms with Gasteiger partial charge in [-0.2, -0.15) is 0 Å². The fraction of sp³-hybridized carbons (Fsp3) is 0.222. The van der Waals surface area contributed by atoms with E-state index in [9.17, 15) is 0 Å². The molecule has 0 aliphatic carbocycles. The van der Waals surface area contributed by atoms with Crippen molar-refractivity contribution < 1.29 is 0 Å². The van der Waals surface area contributed by atoms with Crippen LogP contribution < -0.4 is 4.90 Å². The Hall–Kier alpha value is -0.890. The number of hydrogen-bond donors (Lipinski definition) is 0. The Morgan fingerprint density at radius 2 is 2.09 bits per heavy atom. The molecule has 2 heteroatoms. The molecule has 2 rings (SSSR count). The SMILES string of the molecule is CN1C(=S)Cc2ccccc21. The van der Waals surface area contributed by atoms with Crippen LogP contribution in [-0.4, -0.2) is 12.0 Å². The zero-order valence-corrected chi connectivity index (χ0v) is 7.19. The standard InChI is InChI=1S/C9H9NS/c1-10-8-5-3-2-4-7(8)6-9(10)11/h2-5H,6H2,1H3. The van der Waals surface area contributed by atoms with Gasteiger partial charge >= 0.3 is 0 Å². The molecule has 1 heterocycles. The average molecular weight is 163 g/mol. The summed E-state index contributed by atoms with van der Waals surface area (Å²) in [6, 6.07) is 8.34. The van der Waals surface area contributed by atoms with Gasteiger partial charge < -0.3 is 4.90 Å². The van der Waals surface area contributed by atoms with E-state index < -0.39 is 0 Å². The Kier molecular flexibility index (Phi) is 1.43. The van der Waals surface area contributed by atoms with Crippen molar-refractivity contribution in [1.82, 2.24) is 0 Å². The molecule has 0 atom stereocenters. The number of anilines is 1. The number of fused-ring (bicyclic) bond motifs is 1. The Balaban J connectivity index is 2.55. The molecule has 0 bridgehead atoms. The van der Waals surface area contributed by atoms with Crippen LogP contribution in [0.25, 0.3) is 0 Å². The van der Waals surface area contributed by atoms with Crippen LogP contribution in [0.1, 0.15) is 5.56 Å². The molecular formula is C9H9NS. The largest absolute Gasteiger partial charge is 0.339 e. The first-order valence-electron chi connectivity index (χ1n) is 3.63. The second-order valence-corrected chi connectivity index (χ2v) is 3.23. The van der Waals surface area contributed by atoms with Crippen molar-refractivity contribution >= 4 is 22.9 Å². The first kappa shape index (κ1) is 6.80. The zero-order valence-electron chi connectivity index (χ0n) is 6.37. The third kappa shape index (κ3) is 0.942. The molecule has 0 aromatic heterocycles. The molecule has 56 valence electrons. The molecule has 11 heavy (non-hydrogen) atoms. The molecular weight excluding hydrogens is 154 g/mol. The number of thiocarbonyl (C=S) groups is 1. The number of para-hydroxylation sites is 1. The lowest BCUT2D eigenvalue weighted by molar-refractivity contribution is 1.32. The van der Waals surface area contributed by atoms with E-state index in [-0.39, 0.29) is 0 Å². The van der Waals surface area contributed by atoms with Crippen LogP contribution in [-0.2, 0) is 6.42 Å². The fourth-order valence-corrected chi connectivity index (χ4v) is 1.66. The Bertz CT molecular complexity index is 306. The van der Waals surface area contributed by atoms with Gasteiger partial charge in [0.25, 0.3) is 0 Å². The number of benzene rings is 1. The molecule has 0 spiro atoms. The van der Waals surface area contributed by atoms with E-state index in [1.54, 1.807) is 0 Å². The smallest absolute Gasteiger partial charge is 0.0866 e. The van der Waals surface area contributed by atoms with Gasteiger partial charge in [0.1, 0.15) is 0 Å². The topological polar surface area (TPSA) is 3.24 Å². The van der Waals surface area contributed by atoms with Crippen molar-refractivity contribution in [3.63, 3.8) is 0 Å². The lowest BCUT2D eigenvalue weighted by atomic mass is 10.2. The van der Waals surface area contributed by atoms with Crippen LogP contribution >= 0.6 is 12.2 Å².